The Balaban J connectivity index is 1.86. The van der Waals surface area contributed by atoms with E-state index in [1.54, 1.807) is 31.4 Å². The van der Waals surface area contributed by atoms with Gasteiger partial charge in [-0.1, -0.05) is 42.5 Å². The van der Waals surface area contributed by atoms with Crippen molar-refractivity contribution in [2.75, 3.05) is 17.3 Å². The number of rotatable bonds is 5. The molecule has 1 heterocycles. The van der Waals surface area contributed by atoms with Crippen molar-refractivity contribution in [3.05, 3.63) is 94.7 Å². The predicted molar refractivity (Wildman–Crippen MR) is 123 cm³/mol. The molecule has 1 N–H and O–H groups in total. The molecule has 0 aliphatic carbocycles. The third-order valence-electron chi connectivity index (χ3n) is 5.47. The number of anilines is 2. The molecule has 0 saturated heterocycles. The fourth-order valence-electron chi connectivity index (χ4n) is 3.70. The second-order valence-corrected chi connectivity index (χ2v) is 7.65. The van der Waals surface area contributed by atoms with Crippen molar-refractivity contribution < 1.29 is 14.3 Å². The van der Waals surface area contributed by atoms with Gasteiger partial charge >= 0.3 is 0 Å². The summed E-state index contributed by atoms with van der Waals surface area (Å²) in [5.41, 5.74) is 5.47. The van der Waals surface area contributed by atoms with Crippen LogP contribution in [0.25, 0.3) is 5.57 Å². The highest BCUT2D eigenvalue weighted by molar-refractivity contribution is 6.46. The molecule has 0 spiro atoms. The van der Waals surface area contributed by atoms with Gasteiger partial charge in [0.05, 0.1) is 18.4 Å². The number of nitrogens with zero attached hydrogens (tertiary/aromatic N) is 1. The Morgan fingerprint density at radius 1 is 0.806 bits per heavy atom. The van der Waals surface area contributed by atoms with Crippen molar-refractivity contribution in [2.45, 2.75) is 20.8 Å². The molecule has 0 radical (unpaired) electrons. The summed E-state index contributed by atoms with van der Waals surface area (Å²) >= 11 is 0. The number of nitrogens with one attached hydrogen (secondary N) is 1. The van der Waals surface area contributed by atoms with Gasteiger partial charge in [0.25, 0.3) is 11.8 Å². The summed E-state index contributed by atoms with van der Waals surface area (Å²) in [4.78, 5) is 28.4. The van der Waals surface area contributed by atoms with Gasteiger partial charge < -0.3 is 10.1 Å². The zero-order valence-electron chi connectivity index (χ0n) is 18.0. The van der Waals surface area contributed by atoms with Crippen LogP contribution in [-0.4, -0.2) is 18.9 Å². The van der Waals surface area contributed by atoms with Crippen molar-refractivity contribution in [1.82, 2.24) is 0 Å². The highest BCUT2D eigenvalue weighted by Gasteiger charge is 2.41. The maximum Gasteiger partial charge on any atom is 0.282 e. The van der Waals surface area contributed by atoms with Crippen molar-refractivity contribution in [1.29, 1.82) is 0 Å². The fourth-order valence-corrected chi connectivity index (χ4v) is 3.70. The van der Waals surface area contributed by atoms with Crippen LogP contribution in [0.3, 0.4) is 0 Å². The largest absolute Gasteiger partial charge is 0.497 e. The lowest BCUT2D eigenvalue weighted by atomic mass is 10.0. The number of aryl methyl sites for hydroxylation is 3. The minimum atomic E-state index is -0.368. The van der Waals surface area contributed by atoms with Gasteiger partial charge in [-0.15, -0.1) is 0 Å². The quantitative estimate of drug-likeness (QED) is 0.598. The molecule has 0 atom stereocenters. The first-order valence-electron chi connectivity index (χ1n) is 10.1. The van der Waals surface area contributed by atoms with Crippen LogP contribution in [0.4, 0.5) is 11.4 Å². The Hall–Kier alpha value is -3.86. The molecule has 1 aliphatic heterocycles. The molecule has 156 valence electrons. The summed E-state index contributed by atoms with van der Waals surface area (Å²) in [6.45, 7) is 5.80. The van der Waals surface area contributed by atoms with Crippen LogP contribution >= 0.6 is 0 Å². The third kappa shape index (κ3) is 3.70. The number of hydrogen-bond acceptors (Lipinski definition) is 4. The van der Waals surface area contributed by atoms with Crippen LogP contribution in [0.1, 0.15) is 22.3 Å². The molecule has 0 aromatic heterocycles. The molecule has 0 bridgehead atoms. The number of ether oxygens (including phenoxy) is 1. The van der Waals surface area contributed by atoms with Crippen LogP contribution in [0, 0.1) is 20.8 Å². The number of hydrogen-bond donors (Lipinski definition) is 1. The molecule has 0 fully saturated rings. The molecular formula is C26H24N2O3. The minimum absolute atomic E-state index is 0.269. The zero-order chi connectivity index (χ0) is 22.1. The van der Waals surface area contributed by atoms with E-state index in [4.69, 9.17) is 4.74 Å². The van der Waals surface area contributed by atoms with Crippen molar-refractivity contribution in [2.24, 2.45) is 0 Å². The van der Waals surface area contributed by atoms with E-state index in [0.29, 0.717) is 22.6 Å². The number of amides is 2. The first kappa shape index (κ1) is 20.4. The Labute approximate surface area is 182 Å². The maximum absolute atomic E-state index is 13.6. The summed E-state index contributed by atoms with van der Waals surface area (Å²) in [6.07, 6.45) is 0. The maximum atomic E-state index is 13.6. The highest BCUT2D eigenvalue weighted by atomic mass is 16.5. The van der Waals surface area contributed by atoms with Gasteiger partial charge in [-0.3, -0.25) is 9.59 Å². The van der Waals surface area contributed by atoms with Gasteiger partial charge in [0.15, 0.2) is 0 Å². The third-order valence-corrected chi connectivity index (χ3v) is 5.47. The first-order chi connectivity index (χ1) is 14.9. The van der Waals surface area contributed by atoms with Gasteiger partial charge in [0.1, 0.15) is 11.4 Å². The number of carbonyl (C=O) groups excluding carboxylic acids is 2. The molecule has 4 rings (SSSR count). The number of carbonyl (C=O) groups is 2. The SMILES string of the molecule is COc1ccc(C2=C(Nc3ccccc3C)C(=O)N(c3cc(C)ccc3C)C2=O)cc1. The van der Waals surface area contributed by atoms with E-state index in [2.05, 4.69) is 5.32 Å². The molecule has 3 aromatic carbocycles. The average Bonchev–Trinajstić information content (AvgIpc) is 3.01. The number of methoxy groups -OCH3 is 1. The fraction of sp³-hybridized carbons (Fsp3) is 0.154. The molecule has 5 heteroatoms. The first-order valence-corrected chi connectivity index (χ1v) is 10.1. The molecule has 2 amide bonds. The Kier molecular flexibility index (Phi) is 5.34. The lowest BCUT2D eigenvalue weighted by molar-refractivity contribution is -0.120. The predicted octanol–water partition coefficient (Wildman–Crippen LogP) is 5.02. The van der Waals surface area contributed by atoms with Crippen molar-refractivity contribution in [3.63, 3.8) is 0 Å². The van der Waals surface area contributed by atoms with E-state index in [-0.39, 0.29) is 17.5 Å². The normalized spacial score (nSPS) is 13.7. The van der Waals surface area contributed by atoms with E-state index in [1.807, 2.05) is 63.2 Å². The summed E-state index contributed by atoms with van der Waals surface area (Å²) in [5.74, 6) is -0.0337. The lowest BCUT2D eigenvalue weighted by Crippen LogP contribution is -2.33. The molecule has 1 aliphatic rings. The van der Waals surface area contributed by atoms with Gasteiger partial charge in [-0.25, -0.2) is 4.90 Å². The molecule has 5 nitrogen and oxygen atoms in total. The Morgan fingerprint density at radius 3 is 2.19 bits per heavy atom. The summed E-state index contributed by atoms with van der Waals surface area (Å²) < 4.78 is 5.24. The van der Waals surface area contributed by atoms with Crippen molar-refractivity contribution >= 4 is 28.8 Å². The number of benzene rings is 3. The summed E-state index contributed by atoms with van der Waals surface area (Å²) in [5, 5.41) is 3.24. The smallest absolute Gasteiger partial charge is 0.282 e. The van der Waals surface area contributed by atoms with Gasteiger partial charge in [0, 0.05) is 5.69 Å². The monoisotopic (exact) mass is 412 g/mol. The average molecular weight is 412 g/mol. The van der Waals surface area contributed by atoms with Gasteiger partial charge in [-0.05, 0) is 67.3 Å². The van der Waals surface area contributed by atoms with E-state index in [0.717, 1.165) is 22.4 Å². The van der Waals surface area contributed by atoms with Crippen LogP contribution in [0.15, 0.2) is 72.4 Å². The summed E-state index contributed by atoms with van der Waals surface area (Å²) in [7, 11) is 1.59. The van der Waals surface area contributed by atoms with E-state index >= 15 is 0 Å². The highest BCUT2D eigenvalue weighted by Crippen LogP contribution is 2.36. The van der Waals surface area contributed by atoms with Gasteiger partial charge in [0.2, 0.25) is 0 Å². The second-order valence-electron chi connectivity index (χ2n) is 7.65. The molecule has 0 saturated carbocycles. The van der Waals surface area contributed by atoms with Crippen LogP contribution < -0.4 is 15.0 Å². The number of para-hydroxylation sites is 1. The number of imide groups is 1. The minimum Gasteiger partial charge on any atom is -0.497 e. The van der Waals surface area contributed by atoms with E-state index in [1.165, 1.54) is 4.90 Å². The standard InChI is InChI=1S/C26H24N2O3/c1-16-9-10-18(3)22(15-16)28-25(29)23(19-11-13-20(31-4)14-12-19)24(26(28)30)27-21-8-6-5-7-17(21)2/h5-15,27H,1-4H3. The summed E-state index contributed by atoms with van der Waals surface area (Å²) in [6, 6.07) is 20.6. The zero-order valence-corrected chi connectivity index (χ0v) is 18.0. The lowest BCUT2D eigenvalue weighted by Gasteiger charge is -2.18. The van der Waals surface area contributed by atoms with Crippen LogP contribution in [0.5, 0.6) is 5.75 Å². The second kappa shape index (κ2) is 8.11. The Morgan fingerprint density at radius 2 is 1.52 bits per heavy atom. The topological polar surface area (TPSA) is 58.6 Å². The van der Waals surface area contributed by atoms with Crippen molar-refractivity contribution in [3.8, 4) is 5.75 Å². The molecule has 3 aromatic rings. The van der Waals surface area contributed by atoms with Crippen LogP contribution in [-0.2, 0) is 9.59 Å². The van der Waals surface area contributed by atoms with E-state index in [9.17, 15) is 9.59 Å². The van der Waals surface area contributed by atoms with Crippen LogP contribution in [0.2, 0.25) is 0 Å². The molecule has 0 unspecified atom stereocenters. The van der Waals surface area contributed by atoms with Gasteiger partial charge in [-0.2, -0.15) is 0 Å². The molecular weight excluding hydrogens is 388 g/mol. The Bertz CT molecular complexity index is 1210. The molecule has 31 heavy (non-hydrogen) atoms. The van der Waals surface area contributed by atoms with E-state index < -0.39 is 0 Å².